The van der Waals surface area contributed by atoms with Gasteiger partial charge in [-0.25, -0.2) is 0 Å². The summed E-state index contributed by atoms with van der Waals surface area (Å²) in [5.41, 5.74) is 14.3. The largest absolute Gasteiger partial charge is 0.454 e. The number of hydrogen-bond donors (Lipinski definition) is 0. The van der Waals surface area contributed by atoms with Crippen LogP contribution in [0.1, 0.15) is 5.56 Å². The highest BCUT2D eigenvalue weighted by Gasteiger charge is 2.22. The fourth-order valence-corrected chi connectivity index (χ4v) is 9.83. The molecule has 0 aliphatic carbocycles. The predicted molar refractivity (Wildman–Crippen MR) is 247 cm³/mol. The van der Waals surface area contributed by atoms with Gasteiger partial charge in [0.1, 0.15) is 5.58 Å². The van der Waals surface area contributed by atoms with Crippen molar-refractivity contribution in [2.45, 2.75) is 0 Å². The standard InChI is InChI=1S/C55H32N4O/c56-33-34-22-25-51-43(28-34)44-29-36(35-12-2-1-3-13-35)23-26-52(44)57(51)37-24-27-54-45(30-37)46-31-38(58-47-18-8-4-14-39(47)40-15-5-9-19-48(40)58)32-53(55(46)60-54)59-49-20-10-6-16-41(49)42-17-7-11-21-50(42)59/h1-32H. The Hall–Kier alpha value is -8.33. The van der Waals surface area contributed by atoms with Gasteiger partial charge >= 0.3 is 0 Å². The minimum Gasteiger partial charge on any atom is -0.454 e. The summed E-state index contributed by atoms with van der Waals surface area (Å²) in [5.74, 6) is 0. The highest BCUT2D eigenvalue weighted by atomic mass is 16.3. The van der Waals surface area contributed by atoms with Crippen molar-refractivity contribution in [1.29, 1.82) is 5.26 Å². The molecule has 0 unspecified atom stereocenters. The molecule has 0 saturated carbocycles. The van der Waals surface area contributed by atoms with Crippen LogP contribution < -0.4 is 0 Å². The van der Waals surface area contributed by atoms with Gasteiger partial charge in [-0.3, -0.25) is 0 Å². The summed E-state index contributed by atoms with van der Waals surface area (Å²) in [6, 6.07) is 71.3. The summed E-state index contributed by atoms with van der Waals surface area (Å²) in [4.78, 5) is 0. The van der Waals surface area contributed by atoms with Crippen molar-refractivity contribution in [2.24, 2.45) is 0 Å². The van der Waals surface area contributed by atoms with Crippen molar-refractivity contribution in [2.75, 3.05) is 0 Å². The van der Waals surface area contributed by atoms with Crippen LogP contribution in [0.5, 0.6) is 0 Å². The fraction of sp³-hybridized carbons (Fsp3) is 0. The second-order valence-electron chi connectivity index (χ2n) is 15.6. The molecule has 278 valence electrons. The lowest BCUT2D eigenvalue weighted by Crippen LogP contribution is -1.99. The van der Waals surface area contributed by atoms with E-state index in [1.54, 1.807) is 0 Å². The molecule has 0 bridgehead atoms. The quantitative estimate of drug-likeness (QED) is 0.179. The van der Waals surface area contributed by atoms with E-state index in [0.717, 1.165) is 94.0 Å². The monoisotopic (exact) mass is 764 g/mol. The third kappa shape index (κ3) is 4.56. The number of aromatic nitrogens is 3. The van der Waals surface area contributed by atoms with Crippen LogP contribution in [0.15, 0.2) is 199 Å². The minimum absolute atomic E-state index is 0.637. The topological polar surface area (TPSA) is 51.7 Å². The maximum absolute atomic E-state index is 9.97. The van der Waals surface area contributed by atoms with Crippen LogP contribution in [-0.2, 0) is 0 Å². The molecular formula is C55H32N4O. The molecule has 0 spiro atoms. The Balaban J connectivity index is 1.13. The minimum atomic E-state index is 0.637. The fourth-order valence-electron chi connectivity index (χ4n) is 9.83. The molecule has 0 aliphatic heterocycles. The van der Waals surface area contributed by atoms with Crippen LogP contribution in [0.3, 0.4) is 0 Å². The summed E-state index contributed by atoms with van der Waals surface area (Å²) in [6.07, 6.45) is 0. The van der Waals surface area contributed by atoms with Crippen LogP contribution in [-0.4, -0.2) is 13.7 Å². The van der Waals surface area contributed by atoms with Gasteiger partial charge in [-0.1, -0.05) is 109 Å². The van der Waals surface area contributed by atoms with Gasteiger partial charge in [0.25, 0.3) is 0 Å². The van der Waals surface area contributed by atoms with Crippen molar-refractivity contribution in [1.82, 2.24) is 13.7 Å². The predicted octanol–water partition coefficient (Wildman–Crippen LogP) is 14.4. The SMILES string of the molecule is N#Cc1ccc2c(c1)c1cc(-c3ccccc3)ccc1n2-c1ccc2oc3c(-n4c5ccccc5c5ccccc54)cc(-n4c5ccccc5c5ccccc54)cc3c2c1. The van der Waals surface area contributed by atoms with Gasteiger partial charge in [-0.15, -0.1) is 0 Å². The molecule has 0 fully saturated rings. The number of nitrogens with zero attached hydrogens (tertiary/aromatic N) is 4. The van der Waals surface area contributed by atoms with E-state index in [9.17, 15) is 5.26 Å². The zero-order valence-corrected chi connectivity index (χ0v) is 32.2. The van der Waals surface area contributed by atoms with Crippen molar-refractivity contribution in [3.8, 4) is 34.3 Å². The third-order valence-corrected chi connectivity index (χ3v) is 12.4. The first kappa shape index (κ1) is 32.7. The van der Waals surface area contributed by atoms with Crippen molar-refractivity contribution >= 4 is 87.4 Å². The number of benzene rings is 9. The van der Waals surface area contributed by atoms with Gasteiger partial charge in [0.15, 0.2) is 5.58 Å². The van der Waals surface area contributed by atoms with Gasteiger partial charge in [-0.05, 0) is 96.1 Å². The van der Waals surface area contributed by atoms with Crippen molar-refractivity contribution in [3.63, 3.8) is 0 Å². The van der Waals surface area contributed by atoms with E-state index in [4.69, 9.17) is 4.42 Å². The molecule has 13 aromatic rings. The highest BCUT2D eigenvalue weighted by Crippen LogP contribution is 2.43. The van der Waals surface area contributed by atoms with E-state index in [1.165, 1.54) is 21.5 Å². The van der Waals surface area contributed by atoms with Crippen molar-refractivity contribution < 1.29 is 4.42 Å². The summed E-state index contributed by atoms with van der Waals surface area (Å²) < 4.78 is 14.1. The van der Waals surface area contributed by atoms with Crippen LogP contribution >= 0.6 is 0 Å². The molecule has 9 aromatic carbocycles. The highest BCUT2D eigenvalue weighted by molar-refractivity contribution is 6.16. The van der Waals surface area contributed by atoms with Crippen molar-refractivity contribution in [3.05, 3.63) is 200 Å². The number of furan rings is 1. The first-order valence-corrected chi connectivity index (χ1v) is 20.2. The van der Waals surface area contributed by atoms with E-state index < -0.39 is 0 Å². The Bertz CT molecular complexity index is 3860. The molecular weight excluding hydrogens is 733 g/mol. The lowest BCUT2D eigenvalue weighted by atomic mass is 10.0. The Morgan fingerprint density at radius 2 is 0.867 bits per heavy atom. The lowest BCUT2D eigenvalue weighted by Gasteiger charge is -2.14. The number of hydrogen-bond acceptors (Lipinski definition) is 2. The van der Waals surface area contributed by atoms with Gasteiger partial charge in [-0.2, -0.15) is 5.26 Å². The van der Waals surface area contributed by atoms with E-state index in [2.05, 4.69) is 196 Å². The van der Waals surface area contributed by atoms with Gasteiger partial charge in [0, 0.05) is 54.5 Å². The molecule has 4 aromatic heterocycles. The molecule has 4 heterocycles. The Morgan fingerprint density at radius 1 is 0.350 bits per heavy atom. The molecule has 0 aliphatic rings. The molecule has 60 heavy (non-hydrogen) atoms. The smallest absolute Gasteiger partial charge is 0.159 e. The summed E-state index contributed by atoms with van der Waals surface area (Å²) in [5, 5.41) is 19.0. The normalized spacial score (nSPS) is 12.0. The Labute approximate surface area is 343 Å². The molecule has 0 atom stereocenters. The van der Waals surface area contributed by atoms with Crippen LogP contribution in [0.2, 0.25) is 0 Å². The van der Waals surface area contributed by atoms with Crippen LogP contribution in [0.25, 0.3) is 116 Å². The summed E-state index contributed by atoms with van der Waals surface area (Å²) in [7, 11) is 0. The number of rotatable bonds is 4. The summed E-state index contributed by atoms with van der Waals surface area (Å²) >= 11 is 0. The van der Waals surface area contributed by atoms with Gasteiger partial charge < -0.3 is 18.1 Å². The van der Waals surface area contributed by atoms with E-state index >= 15 is 0 Å². The second kappa shape index (κ2) is 12.3. The van der Waals surface area contributed by atoms with Crippen LogP contribution in [0, 0.1) is 11.3 Å². The van der Waals surface area contributed by atoms with E-state index in [1.807, 2.05) is 18.2 Å². The van der Waals surface area contributed by atoms with E-state index in [-0.39, 0.29) is 0 Å². The lowest BCUT2D eigenvalue weighted by molar-refractivity contribution is 0.666. The molecule has 0 N–H and O–H groups in total. The molecule has 0 amide bonds. The number of fused-ring (bicyclic) bond motifs is 12. The van der Waals surface area contributed by atoms with Gasteiger partial charge in [0.05, 0.1) is 50.4 Å². The van der Waals surface area contributed by atoms with E-state index in [0.29, 0.717) is 5.56 Å². The molecule has 0 radical (unpaired) electrons. The summed E-state index contributed by atoms with van der Waals surface area (Å²) in [6.45, 7) is 0. The van der Waals surface area contributed by atoms with Crippen LogP contribution in [0.4, 0.5) is 0 Å². The molecule has 0 saturated heterocycles. The first-order chi connectivity index (χ1) is 29.7. The molecule has 13 rings (SSSR count). The zero-order chi connectivity index (χ0) is 39.5. The first-order valence-electron chi connectivity index (χ1n) is 20.2. The third-order valence-electron chi connectivity index (χ3n) is 12.4. The zero-order valence-electron chi connectivity index (χ0n) is 32.2. The maximum Gasteiger partial charge on any atom is 0.159 e. The molecule has 5 nitrogen and oxygen atoms in total. The number of para-hydroxylation sites is 4. The van der Waals surface area contributed by atoms with Gasteiger partial charge in [0.2, 0.25) is 0 Å². The Kier molecular flexibility index (Phi) is 6.73. The average molecular weight is 765 g/mol. The molecule has 5 heteroatoms. The maximum atomic E-state index is 9.97. The average Bonchev–Trinajstić information content (AvgIpc) is 4.05. The number of nitriles is 1. The Morgan fingerprint density at radius 3 is 1.50 bits per heavy atom. The second-order valence-corrected chi connectivity index (χ2v) is 15.6.